The first-order chi connectivity index (χ1) is 13.2. The van der Waals surface area contributed by atoms with Gasteiger partial charge in [-0.2, -0.15) is 0 Å². The number of hydrogen-bond donors (Lipinski definition) is 1. The number of nitrogens with zero attached hydrogens (tertiary/aromatic N) is 3. The summed E-state index contributed by atoms with van der Waals surface area (Å²) in [6.07, 6.45) is 6.20. The van der Waals surface area contributed by atoms with E-state index >= 15 is 0 Å². The van der Waals surface area contributed by atoms with E-state index in [1.807, 2.05) is 4.90 Å². The highest BCUT2D eigenvalue weighted by Gasteiger charge is 2.29. The summed E-state index contributed by atoms with van der Waals surface area (Å²) in [7, 11) is 0. The van der Waals surface area contributed by atoms with Gasteiger partial charge in [-0.25, -0.2) is 4.98 Å². The zero-order valence-electron chi connectivity index (χ0n) is 15.6. The molecule has 27 heavy (non-hydrogen) atoms. The number of aliphatic hydroxyl groups is 1. The van der Waals surface area contributed by atoms with E-state index in [1.54, 1.807) is 0 Å². The van der Waals surface area contributed by atoms with Crippen LogP contribution < -0.4 is 0 Å². The summed E-state index contributed by atoms with van der Waals surface area (Å²) in [5, 5.41) is 9.27. The molecule has 0 saturated carbocycles. The van der Waals surface area contributed by atoms with Gasteiger partial charge in [0.25, 0.3) is 5.91 Å². The lowest BCUT2D eigenvalue weighted by Crippen LogP contribution is -2.44. The molecule has 0 aliphatic carbocycles. The summed E-state index contributed by atoms with van der Waals surface area (Å²) in [6, 6.07) is 8.63. The summed E-state index contributed by atoms with van der Waals surface area (Å²) in [5.41, 5.74) is 3.15. The topological polar surface area (TPSA) is 69.8 Å². The van der Waals surface area contributed by atoms with Crippen molar-refractivity contribution in [2.24, 2.45) is 0 Å². The van der Waals surface area contributed by atoms with Crippen LogP contribution in [-0.4, -0.2) is 51.5 Å². The molecule has 6 heteroatoms. The van der Waals surface area contributed by atoms with Gasteiger partial charge in [0.15, 0.2) is 5.69 Å². The van der Waals surface area contributed by atoms with Gasteiger partial charge in [0.05, 0.1) is 6.54 Å². The summed E-state index contributed by atoms with van der Waals surface area (Å²) in [5.74, 6) is 0.514. The Labute approximate surface area is 159 Å². The summed E-state index contributed by atoms with van der Waals surface area (Å²) >= 11 is 0. The smallest absolute Gasteiger partial charge is 0.276 e. The molecule has 1 saturated heterocycles. The molecular formula is C21H27N3O3. The molecule has 2 aliphatic rings. The Bertz CT molecular complexity index is 786. The minimum absolute atomic E-state index is 0.0767. The minimum atomic E-state index is -0.0767. The van der Waals surface area contributed by atoms with Crippen molar-refractivity contribution >= 4 is 5.91 Å². The van der Waals surface area contributed by atoms with Crippen molar-refractivity contribution in [1.29, 1.82) is 0 Å². The molecule has 1 fully saturated rings. The second kappa shape index (κ2) is 8.23. The molecule has 0 unspecified atom stereocenters. The molecule has 0 bridgehead atoms. The highest BCUT2D eigenvalue weighted by molar-refractivity contribution is 5.92. The maximum Gasteiger partial charge on any atom is 0.276 e. The van der Waals surface area contributed by atoms with E-state index < -0.39 is 0 Å². The van der Waals surface area contributed by atoms with Crippen molar-refractivity contribution in [2.75, 3.05) is 19.7 Å². The number of rotatable bonds is 5. The normalized spacial score (nSPS) is 20.5. The Morgan fingerprint density at radius 3 is 2.93 bits per heavy atom. The number of aliphatic hydroxyl groups excluding tert-OH is 1. The Morgan fingerprint density at radius 2 is 2.07 bits per heavy atom. The van der Waals surface area contributed by atoms with Crippen LogP contribution in [0, 0.1) is 0 Å². The van der Waals surface area contributed by atoms with E-state index in [1.165, 1.54) is 17.4 Å². The fourth-order valence-electron chi connectivity index (χ4n) is 4.23. The largest absolute Gasteiger partial charge is 0.447 e. The van der Waals surface area contributed by atoms with Crippen LogP contribution in [-0.2, 0) is 19.5 Å². The van der Waals surface area contributed by atoms with E-state index in [-0.39, 0.29) is 18.6 Å². The van der Waals surface area contributed by atoms with Gasteiger partial charge in [0.1, 0.15) is 6.26 Å². The van der Waals surface area contributed by atoms with Gasteiger partial charge in [-0.3, -0.25) is 9.69 Å². The Hall–Kier alpha value is -2.18. The number of amides is 1. The Morgan fingerprint density at radius 1 is 1.22 bits per heavy atom. The van der Waals surface area contributed by atoms with E-state index in [4.69, 9.17) is 4.42 Å². The third kappa shape index (κ3) is 4.06. The standard InChI is InChI=1S/C21H27N3O3/c25-12-9-18-7-3-4-10-24(18)21(26)19-15-27-20(22-19)14-23-11-8-16-5-1-2-6-17(16)13-23/h1-2,5-6,15,18,25H,3-4,7-14H2/t18-/m0/s1. The first-order valence-corrected chi connectivity index (χ1v) is 9.90. The minimum Gasteiger partial charge on any atom is -0.447 e. The number of hydrogen-bond acceptors (Lipinski definition) is 5. The van der Waals surface area contributed by atoms with Crippen LogP contribution in [0.3, 0.4) is 0 Å². The molecule has 1 aromatic carbocycles. The number of aromatic nitrogens is 1. The van der Waals surface area contributed by atoms with Gasteiger partial charge in [-0.15, -0.1) is 0 Å². The number of fused-ring (bicyclic) bond motifs is 1. The average molecular weight is 369 g/mol. The van der Waals surface area contributed by atoms with Crippen molar-refractivity contribution in [3.63, 3.8) is 0 Å². The van der Waals surface area contributed by atoms with Crippen LogP contribution in [0.1, 0.15) is 53.2 Å². The highest BCUT2D eigenvalue weighted by atomic mass is 16.3. The fourth-order valence-corrected chi connectivity index (χ4v) is 4.23. The van der Waals surface area contributed by atoms with Crippen LogP contribution in [0.15, 0.2) is 34.9 Å². The maximum atomic E-state index is 12.9. The molecule has 6 nitrogen and oxygen atoms in total. The maximum absolute atomic E-state index is 12.9. The van der Waals surface area contributed by atoms with E-state index in [9.17, 15) is 9.90 Å². The first kappa shape index (κ1) is 18.2. The number of oxazole rings is 1. The molecule has 3 heterocycles. The third-order valence-electron chi connectivity index (χ3n) is 5.69. The zero-order chi connectivity index (χ0) is 18.6. The molecule has 2 aromatic rings. The van der Waals surface area contributed by atoms with Crippen LogP contribution in [0.5, 0.6) is 0 Å². The lowest BCUT2D eigenvalue weighted by Gasteiger charge is -2.35. The number of piperidine rings is 1. The second-order valence-corrected chi connectivity index (χ2v) is 7.52. The number of carbonyl (C=O) groups is 1. The summed E-state index contributed by atoms with van der Waals surface area (Å²) in [6.45, 7) is 3.30. The van der Waals surface area contributed by atoms with Gasteiger partial charge in [-0.1, -0.05) is 24.3 Å². The van der Waals surface area contributed by atoms with Crippen LogP contribution in [0.4, 0.5) is 0 Å². The fraction of sp³-hybridized carbons (Fsp3) is 0.524. The monoisotopic (exact) mass is 369 g/mol. The summed E-state index contributed by atoms with van der Waals surface area (Å²) in [4.78, 5) is 21.5. The van der Waals surface area contributed by atoms with Crippen molar-refractivity contribution in [3.05, 3.63) is 53.2 Å². The second-order valence-electron chi connectivity index (χ2n) is 7.52. The molecular weight excluding hydrogens is 342 g/mol. The van der Waals surface area contributed by atoms with E-state index in [0.717, 1.165) is 45.3 Å². The van der Waals surface area contributed by atoms with Crippen LogP contribution >= 0.6 is 0 Å². The predicted octanol–water partition coefficient (Wildman–Crippen LogP) is 2.61. The van der Waals surface area contributed by atoms with E-state index in [0.29, 0.717) is 24.6 Å². The first-order valence-electron chi connectivity index (χ1n) is 9.90. The summed E-state index contributed by atoms with van der Waals surface area (Å²) < 4.78 is 5.61. The molecule has 1 atom stereocenters. The number of likely N-dealkylation sites (tertiary alicyclic amines) is 1. The lowest BCUT2D eigenvalue weighted by molar-refractivity contribution is 0.0568. The Kier molecular flexibility index (Phi) is 5.55. The molecule has 144 valence electrons. The molecule has 0 spiro atoms. The van der Waals surface area contributed by atoms with Gasteiger partial charge in [-0.05, 0) is 43.2 Å². The highest BCUT2D eigenvalue weighted by Crippen LogP contribution is 2.23. The lowest BCUT2D eigenvalue weighted by atomic mass is 9.99. The molecule has 2 aliphatic heterocycles. The predicted molar refractivity (Wildman–Crippen MR) is 101 cm³/mol. The van der Waals surface area contributed by atoms with Crippen molar-refractivity contribution in [2.45, 2.75) is 51.2 Å². The number of carbonyl (C=O) groups excluding carboxylic acids is 1. The molecule has 1 N–H and O–H groups in total. The number of benzene rings is 1. The van der Waals surface area contributed by atoms with Gasteiger partial charge in [0, 0.05) is 32.3 Å². The quantitative estimate of drug-likeness (QED) is 0.877. The Balaban J connectivity index is 1.40. The average Bonchev–Trinajstić information content (AvgIpc) is 3.16. The molecule has 1 amide bonds. The van der Waals surface area contributed by atoms with Crippen molar-refractivity contribution in [1.82, 2.24) is 14.8 Å². The molecule has 0 radical (unpaired) electrons. The molecule has 1 aromatic heterocycles. The van der Waals surface area contributed by atoms with Crippen LogP contribution in [0.2, 0.25) is 0 Å². The van der Waals surface area contributed by atoms with Crippen molar-refractivity contribution in [3.8, 4) is 0 Å². The van der Waals surface area contributed by atoms with E-state index in [2.05, 4.69) is 34.1 Å². The van der Waals surface area contributed by atoms with Crippen LogP contribution in [0.25, 0.3) is 0 Å². The van der Waals surface area contributed by atoms with Gasteiger partial charge < -0.3 is 14.4 Å². The van der Waals surface area contributed by atoms with Gasteiger partial charge in [0.2, 0.25) is 5.89 Å². The zero-order valence-corrected chi connectivity index (χ0v) is 15.6. The third-order valence-corrected chi connectivity index (χ3v) is 5.69. The molecule has 4 rings (SSSR count). The SMILES string of the molecule is O=C(c1coc(CN2CCc3ccccc3C2)n1)N1CCCC[C@H]1CCO. The van der Waals surface area contributed by atoms with Gasteiger partial charge >= 0.3 is 0 Å². The van der Waals surface area contributed by atoms with Crippen molar-refractivity contribution < 1.29 is 14.3 Å².